The van der Waals surface area contributed by atoms with Gasteiger partial charge >= 0.3 is 0 Å². The average molecular weight is 456 g/mol. The maximum absolute atomic E-state index is 8.94. The van der Waals surface area contributed by atoms with Crippen molar-refractivity contribution in [2.75, 3.05) is 57.4 Å². The molecule has 0 bridgehead atoms. The number of unbranched alkanes of at least 4 members (excludes halogenated alkanes) is 2. The van der Waals surface area contributed by atoms with Crippen LogP contribution in [0, 0.1) is 0 Å². The van der Waals surface area contributed by atoms with E-state index in [0.717, 1.165) is 69.6 Å². The monoisotopic (exact) mass is 455 g/mol. The first-order valence-corrected chi connectivity index (χ1v) is 13.2. The van der Waals surface area contributed by atoms with E-state index >= 15 is 0 Å². The van der Waals surface area contributed by atoms with Gasteiger partial charge in [0, 0.05) is 49.1 Å². The van der Waals surface area contributed by atoms with E-state index in [9.17, 15) is 0 Å². The zero-order valence-corrected chi connectivity index (χ0v) is 20.4. The number of benzene rings is 1. The average Bonchev–Trinajstić information content (AvgIpc) is 3.26. The number of hydrogen-bond donors (Lipinski definition) is 1. The third-order valence-electron chi connectivity index (χ3n) is 7.87. The van der Waals surface area contributed by atoms with E-state index in [2.05, 4.69) is 47.2 Å². The minimum atomic E-state index is 0.229. The van der Waals surface area contributed by atoms with Crippen molar-refractivity contribution in [2.45, 2.75) is 56.8 Å². The fourth-order valence-electron chi connectivity index (χ4n) is 5.53. The molecule has 0 unspecified atom stereocenters. The van der Waals surface area contributed by atoms with Gasteiger partial charge in [-0.3, -0.25) is 4.90 Å². The normalized spacial score (nSPS) is 22.0. The molecule has 2 aliphatic heterocycles. The van der Waals surface area contributed by atoms with Gasteiger partial charge in [-0.25, -0.2) is 4.98 Å². The summed E-state index contributed by atoms with van der Waals surface area (Å²) in [5.74, 6) is 0. The van der Waals surface area contributed by atoms with Crippen molar-refractivity contribution in [2.24, 2.45) is 0 Å². The highest BCUT2D eigenvalue weighted by Crippen LogP contribution is 2.50. The Kier molecular flexibility index (Phi) is 6.32. The van der Waals surface area contributed by atoms with Crippen LogP contribution >= 0.6 is 11.3 Å². The molecule has 3 heterocycles. The van der Waals surface area contributed by atoms with Crippen LogP contribution in [0.2, 0.25) is 0 Å². The number of fused-ring (bicyclic) bond motifs is 2. The number of aromatic nitrogens is 1. The number of piperazine rings is 1. The predicted octanol–water partition coefficient (Wildman–Crippen LogP) is 4.43. The summed E-state index contributed by atoms with van der Waals surface area (Å²) in [5.41, 5.74) is 5.83. The van der Waals surface area contributed by atoms with Crippen LogP contribution in [0.15, 0.2) is 23.6 Å². The maximum atomic E-state index is 8.94. The molecule has 5 rings (SSSR count). The zero-order chi connectivity index (χ0) is 22.2. The van der Waals surface area contributed by atoms with E-state index in [-0.39, 0.29) is 10.8 Å². The van der Waals surface area contributed by atoms with E-state index in [1.807, 2.05) is 0 Å². The summed E-state index contributed by atoms with van der Waals surface area (Å²) in [6, 6.07) is 7.06. The molecule has 1 aromatic heterocycles. The number of hydrogen-bond acceptors (Lipinski definition) is 6. The molecule has 1 aliphatic carbocycles. The van der Waals surface area contributed by atoms with Crippen LogP contribution in [0.3, 0.4) is 0 Å². The molecule has 32 heavy (non-hydrogen) atoms. The van der Waals surface area contributed by atoms with Crippen LogP contribution in [0.4, 0.5) is 5.13 Å². The SMILES string of the molecule is CC1(C)CCC2(COC2)c2cc(-c3csc(N4CCN(CCCCCO)CC4)n3)ccc21. The van der Waals surface area contributed by atoms with Crippen molar-refractivity contribution in [3.05, 3.63) is 34.7 Å². The first kappa shape index (κ1) is 22.3. The second kappa shape index (κ2) is 9.05. The third kappa shape index (κ3) is 4.23. The molecule has 0 saturated carbocycles. The Balaban J connectivity index is 1.27. The lowest BCUT2D eigenvalue weighted by atomic mass is 9.60. The van der Waals surface area contributed by atoms with Crippen molar-refractivity contribution in [1.29, 1.82) is 0 Å². The predicted molar refractivity (Wildman–Crippen MR) is 132 cm³/mol. The fraction of sp³-hybridized carbons (Fsp3) is 0.654. The van der Waals surface area contributed by atoms with Crippen molar-refractivity contribution in [3.8, 4) is 11.3 Å². The van der Waals surface area contributed by atoms with Gasteiger partial charge in [0.05, 0.1) is 18.9 Å². The number of rotatable bonds is 7. The highest BCUT2D eigenvalue weighted by Gasteiger charge is 2.47. The van der Waals surface area contributed by atoms with Gasteiger partial charge in [-0.1, -0.05) is 26.0 Å². The number of anilines is 1. The Morgan fingerprint density at radius 3 is 2.56 bits per heavy atom. The zero-order valence-electron chi connectivity index (χ0n) is 19.6. The van der Waals surface area contributed by atoms with Crippen molar-refractivity contribution in [1.82, 2.24) is 9.88 Å². The fourth-order valence-corrected chi connectivity index (χ4v) is 6.42. The lowest BCUT2D eigenvalue weighted by molar-refractivity contribution is -0.0722. The molecular weight excluding hydrogens is 418 g/mol. The first-order valence-electron chi connectivity index (χ1n) is 12.3. The second-order valence-corrected chi connectivity index (χ2v) is 11.4. The molecule has 3 aliphatic rings. The molecule has 0 radical (unpaired) electrons. The number of aliphatic hydroxyl groups excluding tert-OH is 1. The molecule has 0 atom stereocenters. The second-order valence-electron chi connectivity index (χ2n) is 10.5. The highest BCUT2D eigenvalue weighted by atomic mass is 32.1. The van der Waals surface area contributed by atoms with E-state index in [1.165, 1.54) is 36.0 Å². The van der Waals surface area contributed by atoms with E-state index < -0.39 is 0 Å². The molecule has 1 spiro atoms. The number of thiazole rings is 1. The minimum absolute atomic E-state index is 0.229. The summed E-state index contributed by atoms with van der Waals surface area (Å²) in [7, 11) is 0. The number of aliphatic hydroxyl groups is 1. The quantitative estimate of drug-likeness (QED) is 0.626. The van der Waals surface area contributed by atoms with E-state index in [4.69, 9.17) is 14.8 Å². The summed E-state index contributed by atoms with van der Waals surface area (Å²) in [6.45, 7) is 12.3. The lowest BCUT2D eigenvalue weighted by Gasteiger charge is -2.50. The topological polar surface area (TPSA) is 48.8 Å². The van der Waals surface area contributed by atoms with Gasteiger partial charge in [0.25, 0.3) is 0 Å². The van der Waals surface area contributed by atoms with E-state index in [0.29, 0.717) is 6.61 Å². The Hall–Kier alpha value is -1.47. The molecular formula is C26H37N3O2S. The molecule has 2 aromatic rings. The van der Waals surface area contributed by atoms with Crippen LogP contribution < -0.4 is 4.90 Å². The number of nitrogens with zero attached hydrogens (tertiary/aromatic N) is 3. The molecule has 0 amide bonds. The Bertz CT molecular complexity index is 929. The molecule has 5 nitrogen and oxygen atoms in total. The number of ether oxygens (including phenoxy) is 1. The van der Waals surface area contributed by atoms with Gasteiger partial charge in [0.2, 0.25) is 0 Å². The standard InChI is InChI=1S/C26H37N3O2S/c1-25(2)8-9-26(18-31-19-26)22-16-20(6-7-21(22)25)23-17-32-24(27-23)29-13-11-28(12-14-29)10-4-3-5-15-30/h6-7,16-17,30H,3-5,8-15,18-19H2,1-2H3. The largest absolute Gasteiger partial charge is 0.396 e. The summed E-state index contributed by atoms with van der Waals surface area (Å²) in [5, 5.41) is 12.3. The summed E-state index contributed by atoms with van der Waals surface area (Å²) >= 11 is 1.78. The summed E-state index contributed by atoms with van der Waals surface area (Å²) in [4.78, 5) is 10.1. The molecule has 2 saturated heterocycles. The van der Waals surface area contributed by atoms with Crippen molar-refractivity contribution < 1.29 is 9.84 Å². The maximum Gasteiger partial charge on any atom is 0.185 e. The van der Waals surface area contributed by atoms with Gasteiger partial charge in [0.15, 0.2) is 5.13 Å². The molecule has 6 heteroatoms. The van der Waals surface area contributed by atoms with Crippen molar-refractivity contribution >= 4 is 16.5 Å². The van der Waals surface area contributed by atoms with Crippen LogP contribution in [0.5, 0.6) is 0 Å². The molecule has 2 fully saturated rings. The molecule has 1 N–H and O–H groups in total. The first-order chi connectivity index (χ1) is 15.5. The van der Waals surface area contributed by atoms with Crippen LogP contribution in [-0.4, -0.2) is 67.5 Å². The lowest BCUT2D eigenvalue weighted by Crippen LogP contribution is -2.51. The minimum Gasteiger partial charge on any atom is -0.396 e. The summed E-state index contributed by atoms with van der Waals surface area (Å²) in [6.07, 6.45) is 5.69. The van der Waals surface area contributed by atoms with Crippen LogP contribution in [-0.2, 0) is 15.6 Å². The smallest absolute Gasteiger partial charge is 0.185 e. The Labute approximate surface area is 196 Å². The van der Waals surface area contributed by atoms with Crippen LogP contribution in [0.25, 0.3) is 11.3 Å². The van der Waals surface area contributed by atoms with Gasteiger partial charge in [-0.05, 0) is 61.3 Å². The Morgan fingerprint density at radius 2 is 1.84 bits per heavy atom. The highest BCUT2D eigenvalue weighted by molar-refractivity contribution is 7.14. The van der Waals surface area contributed by atoms with Crippen molar-refractivity contribution in [3.63, 3.8) is 0 Å². The van der Waals surface area contributed by atoms with Gasteiger partial charge < -0.3 is 14.7 Å². The van der Waals surface area contributed by atoms with Gasteiger partial charge in [-0.2, -0.15) is 0 Å². The summed E-state index contributed by atoms with van der Waals surface area (Å²) < 4.78 is 5.68. The van der Waals surface area contributed by atoms with Crippen LogP contribution in [0.1, 0.15) is 57.1 Å². The molecule has 174 valence electrons. The van der Waals surface area contributed by atoms with Gasteiger partial charge in [0.1, 0.15) is 0 Å². The third-order valence-corrected chi connectivity index (χ3v) is 8.77. The molecule has 1 aromatic carbocycles. The Morgan fingerprint density at radius 1 is 1.03 bits per heavy atom. The van der Waals surface area contributed by atoms with E-state index in [1.54, 1.807) is 11.3 Å². The van der Waals surface area contributed by atoms with Gasteiger partial charge in [-0.15, -0.1) is 11.3 Å².